The van der Waals surface area contributed by atoms with Crippen LogP contribution in [-0.4, -0.2) is 29.4 Å². The molecule has 2 aliphatic carbocycles. The van der Waals surface area contributed by atoms with Crippen molar-refractivity contribution in [2.45, 2.75) is 26.2 Å². The maximum absolute atomic E-state index is 13.5. The van der Waals surface area contributed by atoms with Gasteiger partial charge in [0.25, 0.3) is 0 Å². The third kappa shape index (κ3) is 3.29. The smallest absolute Gasteiger partial charge is 0.238 e. The quantitative estimate of drug-likeness (QED) is 0.493. The normalized spacial score (nSPS) is 32.0. The van der Waals surface area contributed by atoms with E-state index in [1.54, 1.807) is 48.5 Å². The molecule has 36 heavy (non-hydrogen) atoms. The van der Waals surface area contributed by atoms with Crippen molar-refractivity contribution in [1.82, 2.24) is 0 Å². The van der Waals surface area contributed by atoms with Gasteiger partial charge in [-0.2, -0.15) is 0 Å². The molecule has 3 fully saturated rings. The Balaban J connectivity index is 1.28. The number of hydrogen-bond donors (Lipinski definition) is 0. The summed E-state index contributed by atoms with van der Waals surface area (Å²) < 4.78 is 0. The van der Waals surface area contributed by atoms with Crippen LogP contribution in [0.5, 0.6) is 0 Å². The molecule has 0 spiro atoms. The van der Waals surface area contributed by atoms with Crippen LogP contribution in [0.25, 0.3) is 0 Å². The Morgan fingerprint density at radius 3 is 1.89 bits per heavy atom. The van der Waals surface area contributed by atoms with Crippen molar-refractivity contribution in [3.05, 3.63) is 72.3 Å². The number of nitrogens with zero attached hydrogens (tertiary/aromatic N) is 2. The lowest BCUT2D eigenvalue weighted by Gasteiger charge is -2.40. The van der Waals surface area contributed by atoms with Crippen LogP contribution in [0.4, 0.5) is 11.4 Å². The first-order valence-corrected chi connectivity index (χ1v) is 12.4. The number of hydrogen-bond acceptors (Lipinski definition) is 5. The number of Topliss-reactive ketones (excluding diaryl/α,β-unsaturated/α-hetero) is 1. The molecule has 6 unspecified atom stereocenters. The molecule has 4 aliphatic rings. The lowest BCUT2D eigenvalue weighted by Crippen LogP contribution is -2.44. The Bertz CT molecular complexity index is 1320. The van der Waals surface area contributed by atoms with Gasteiger partial charge in [-0.05, 0) is 42.5 Å². The van der Waals surface area contributed by atoms with E-state index >= 15 is 0 Å². The highest BCUT2D eigenvalue weighted by Gasteiger charge is 2.59. The van der Waals surface area contributed by atoms with Crippen LogP contribution in [0.1, 0.15) is 26.2 Å². The molecule has 0 N–H and O–H groups in total. The van der Waals surface area contributed by atoms with Crippen LogP contribution in [0.2, 0.25) is 0 Å². The molecule has 2 heterocycles. The van der Waals surface area contributed by atoms with Crippen LogP contribution in [0, 0.1) is 35.5 Å². The van der Waals surface area contributed by atoms with Crippen molar-refractivity contribution >= 4 is 40.8 Å². The van der Waals surface area contributed by atoms with Crippen LogP contribution in [-0.2, 0) is 24.0 Å². The average Bonchev–Trinajstić information content (AvgIpc) is 3.32. The number of allylic oxidation sites excluding steroid dienone is 2. The molecule has 2 aromatic rings. The molecule has 0 radical (unpaired) electrons. The first-order valence-electron chi connectivity index (χ1n) is 12.4. The summed E-state index contributed by atoms with van der Waals surface area (Å²) in [5.74, 6) is -4.25. The van der Waals surface area contributed by atoms with Crippen molar-refractivity contribution in [2.75, 3.05) is 9.80 Å². The summed E-state index contributed by atoms with van der Waals surface area (Å²) in [6.45, 7) is 1.91. The Kier molecular flexibility index (Phi) is 5.25. The summed E-state index contributed by atoms with van der Waals surface area (Å²) in [4.78, 5) is 69.0. The number of amides is 4. The molecule has 6 atom stereocenters. The molecule has 2 saturated heterocycles. The van der Waals surface area contributed by atoms with E-state index in [0.29, 0.717) is 17.8 Å². The van der Waals surface area contributed by atoms with Crippen molar-refractivity contribution in [3.63, 3.8) is 0 Å². The van der Waals surface area contributed by atoms with E-state index in [-0.39, 0.29) is 54.1 Å². The van der Waals surface area contributed by atoms with Crippen LogP contribution >= 0.6 is 0 Å². The minimum Gasteiger partial charge on any atom is -0.299 e. The minimum absolute atomic E-state index is 0.0738. The predicted molar refractivity (Wildman–Crippen MR) is 131 cm³/mol. The molecule has 4 amide bonds. The lowest BCUT2D eigenvalue weighted by atomic mass is 9.60. The number of rotatable bonds is 3. The van der Waals surface area contributed by atoms with Gasteiger partial charge in [0.2, 0.25) is 23.6 Å². The standard InChI is InChI=1S/C29H26N2O5/c1-16-12-18-13-17(21-15-23(33)30(27(21)34)19-8-4-2-5-9-19)14-22(32)25(18)26-24(16)28(35)31(29(26)36)20-10-6-3-7-11-20/h2-12,16-17,21,24-26H,13-15H2,1H3. The van der Waals surface area contributed by atoms with Gasteiger partial charge in [0.1, 0.15) is 5.78 Å². The molecule has 7 nitrogen and oxygen atoms in total. The summed E-state index contributed by atoms with van der Waals surface area (Å²) in [5, 5.41) is 0. The third-order valence-electron chi connectivity index (χ3n) is 8.29. The molecule has 7 heteroatoms. The molecule has 2 aromatic carbocycles. The van der Waals surface area contributed by atoms with Crippen molar-refractivity contribution in [3.8, 4) is 0 Å². The first kappa shape index (κ1) is 22.6. The fraction of sp³-hybridized carbons (Fsp3) is 0.345. The highest BCUT2D eigenvalue weighted by molar-refractivity contribution is 6.24. The van der Waals surface area contributed by atoms with E-state index in [4.69, 9.17) is 0 Å². The fourth-order valence-electron chi connectivity index (χ4n) is 6.74. The Hall–Kier alpha value is -3.87. The second-order valence-corrected chi connectivity index (χ2v) is 10.3. The number of anilines is 2. The van der Waals surface area contributed by atoms with Crippen molar-refractivity contribution in [2.24, 2.45) is 35.5 Å². The van der Waals surface area contributed by atoms with E-state index in [0.717, 1.165) is 5.57 Å². The average molecular weight is 483 g/mol. The van der Waals surface area contributed by atoms with Gasteiger partial charge in [-0.15, -0.1) is 0 Å². The van der Waals surface area contributed by atoms with Crippen LogP contribution < -0.4 is 9.80 Å². The maximum atomic E-state index is 13.5. The summed E-state index contributed by atoms with van der Waals surface area (Å²) in [5.41, 5.74) is 1.90. The Morgan fingerprint density at radius 2 is 1.25 bits per heavy atom. The molecule has 1 saturated carbocycles. The number of ketones is 1. The monoisotopic (exact) mass is 482 g/mol. The molecular weight excluding hydrogens is 456 g/mol. The number of benzene rings is 2. The molecule has 182 valence electrons. The van der Waals surface area contributed by atoms with Gasteiger partial charge in [-0.1, -0.05) is 55.0 Å². The van der Waals surface area contributed by atoms with Crippen LogP contribution in [0.15, 0.2) is 72.3 Å². The largest absolute Gasteiger partial charge is 0.299 e. The highest BCUT2D eigenvalue weighted by atomic mass is 16.2. The topological polar surface area (TPSA) is 91.8 Å². The highest BCUT2D eigenvalue weighted by Crippen LogP contribution is 2.51. The summed E-state index contributed by atoms with van der Waals surface area (Å²) in [6, 6.07) is 17.7. The number of carbonyl (C=O) groups is 5. The number of para-hydroxylation sites is 2. The zero-order chi connectivity index (χ0) is 25.1. The predicted octanol–water partition coefficient (Wildman–Crippen LogP) is 3.54. The molecule has 6 rings (SSSR count). The van der Waals surface area contributed by atoms with E-state index in [9.17, 15) is 24.0 Å². The number of fused-ring (bicyclic) bond motifs is 3. The van der Waals surface area contributed by atoms with Crippen LogP contribution in [0.3, 0.4) is 0 Å². The molecule has 2 aliphatic heterocycles. The fourth-order valence-corrected chi connectivity index (χ4v) is 6.74. The van der Waals surface area contributed by atoms with E-state index in [1.165, 1.54) is 9.80 Å². The second kappa shape index (κ2) is 8.36. The summed E-state index contributed by atoms with van der Waals surface area (Å²) in [6.07, 6.45) is 2.64. The van der Waals surface area contributed by atoms with Gasteiger partial charge in [-0.25, -0.2) is 0 Å². The van der Waals surface area contributed by atoms with E-state index in [1.807, 2.05) is 25.1 Å². The summed E-state index contributed by atoms with van der Waals surface area (Å²) >= 11 is 0. The molecular formula is C29H26N2O5. The van der Waals surface area contributed by atoms with Gasteiger partial charge >= 0.3 is 0 Å². The van der Waals surface area contributed by atoms with Gasteiger partial charge in [0.15, 0.2) is 0 Å². The van der Waals surface area contributed by atoms with Gasteiger partial charge < -0.3 is 0 Å². The third-order valence-corrected chi connectivity index (χ3v) is 8.29. The summed E-state index contributed by atoms with van der Waals surface area (Å²) in [7, 11) is 0. The molecule has 0 bridgehead atoms. The second-order valence-electron chi connectivity index (χ2n) is 10.3. The lowest BCUT2D eigenvalue weighted by molar-refractivity contribution is -0.134. The molecule has 0 aromatic heterocycles. The van der Waals surface area contributed by atoms with E-state index in [2.05, 4.69) is 0 Å². The Labute approximate surface area is 208 Å². The zero-order valence-corrected chi connectivity index (χ0v) is 19.9. The maximum Gasteiger partial charge on any atom is 0.238 e. The first-order chi connectivity index (χ1) is 17.4. The Morgan fingerprint density at radius 1 is 0.667 bits per heavy atom. The number of imide groups is 2. The van der Waals surface area contributed by atoms with Gasteiger partial charge in [-0.3, -0.25) is 33.8 Å². The zero-order valence-electron chi connectivity index (χ0n) is 19.9. The van der Waals surface area contributed by atoms with Gasteiger partial charge in [0.05, 0.1) is 35.0 Å². The minimum atomic E-state index is -0.720. The number of carbonyl (C=O) groups excluding carboxylic acids is 5. The van der Waals surface area contributed by atoms with Crippen molar-refractivity contribution < 1.29 is 24.0 Å². The SMILES string of the molecule is CC1C=C2CC(C3CC(=O)N(c4ccccc4)C3=O)CC(=O)C2C2C(=O)N(c3ccccc3)C(=O)C12. The van der Waals surface area contributed by atoms with Crippen molar-refractivity contribution in [1.29, 1.82) is 0 Å². The van der Waals surface area contributed by atoms with Gasteiger partial charge in [0, 0.05) is 12.8 Å². The van der Waals surface area contributed by atoms with E-state index < -0.39 is 23.7 Å².